The van der Waals surface area contributed by atoms with E-state index >= 15 is 0 Å². The Morgan fingerprint density at radius 3 is 2.23 bits per heavy atom. The van der Waals surface area contributed by atoms with Crippen LogP contribution in [0.4, 0.5) is 0 Å². The summed E-state index contributed by atoms with van der Waals surface area (Å²) in [7, 11) is 0. The van der Waals surface area contributed by atoms with E-state index in [4.69, 9.17) is 4.74 Å². The zero-order chi connectivity index (χ0) is 9.85. The highest BCUT2D eigenvalue weighted by Gasteiger charge is 2.55. The van der Waals surface area contributed by atoms with E-state index in [0.717, 1.165) is 0 Å². The van der Waals surface area contributed by atoms with Gasteiger partial charge in [-0.15, -0.1) is 0 Å². The van der Waals surface area contributed by atoms with Crippen LogP contribution < -0.4 is 0 Å². The second-order valence-corrected chi connectivity index (χ2v) is 5.53. The Morgan fingerprint density at radius 2 is 1.92 bits per heavy atom. The van der Waals surface area contributed by atoms with Gasteiger partial charge >= 0.3 is 0 Å². The topological polar surface area (TPSA) is 9.23 Å². The molecule has 2 aliphatic heterocycles. The van der Waals surface area contributed by atoms with Crippen LogP contribution >= 0.6 is 0 Å². The van der Waals surface area contributed by atoms with Crippen molar-refractivity contribution in [1.82, 2.24) is 0 Å². The van der Waals surface area contributed by atoms with E-state index in [1.165, 1.54) is 24.0 Å². The largest absolute Gasteiger partial charge is 0.363 e. The molecule has 2 atom stereocenters. The van der Waals surface area contributed by atoms with E-state index < -0.39 is 0 Å². The van der Waals surface area contributed by atoms with Gasteiger partial charge in [-0.1, -0.05) is 20.8 Å². The van der Waals surface area contributed by atoms with Gasteiger partial charge in [0.1, 0.15) is 0 Å². The summed E-state index contributed by atoms with van der Waals surface area (Å²) in [4.78, 5) is 0. The minimum absolute atomic E-state index is 0.0573. The normalized spacial score (nSPS) is 39.0. The third-order valence-corrected chi connectivity index (χ3v) is 3.99. The second-order valence-electron chi connectivity index (χ2n) is 5.53. The lowest BCUT2D eigenvalue weighted by atomic mass is 9.68. The van der Waals surface area contributed by atoms with Gasteiger partial charge < -0.3 is 4.74 Å². The van der Waals surface area contributed by atoms with Gasteiger partial charge in [-0.2, -0.15) is 0 Å². The van der Waals surface area contributed by atoms with Crippen molar-refractivity contribution in [3.8, 4) is 0 Å². The third kappa shape index (κ3) is 0.969. The minimum atomic E-state index is 0.0573. The summed E-state index contributed by atoms with van der Waals surface area (Å²) in [5.41, 5.74) is 3.28. The third-order valence-electron chi connectivity index (χ3n) is 3.99. The number of hydrogen-bond donors (Lipinski definition) is 0. The number of rotatable bonds is 0. The fourth-order valence-electron chi connectivity index (χ4n) is 2.95. The van der Waals surface area contributed by atoms with E-state index in [0.29, 0.717) is 6.10 Å². The molecule has 0 radical (unpaired) electrons. The standard InChI is InChI=1S/C12H20O/c1-8-9(2)12(11(3,4)5)7-6-10(8)13-12/h10H,6-7H2,1-5H3. The van der Waals surface area contributed by atoms with Gasteiger partial charge in [0.25, 0.3) is 0 Å². The predicted molar refractivity (Wildman–Crippen MR) is 54.7 cm³/mol. The number of hydrogen-bond acceptors (Lipinski definition) is 1. The van der Waals surface area contributed by atoms with Gasteiger partial charge in [0.15, 0.2) is 0 Å². The fourth-order valence-corrected chi connectivity index (χ4v) is 2.95. The highest BCUT2D eigenvalue weighted by molar-refractivity contribution is 5.35. The van der Waals surface area contributed by atoms with E-state index in [-0.39, 0.29) is 11.0 Å². The van der Waals surface area contributed by atoms with Crippen LogP contribution in [0, 0.1) is 5.41 Å². The molecule has 1 heteroatoms. The maximum Gasteiger partial charge on any atom is 0.0949 e. The summed E-state index contributed by atoms with van der Waals surface area (Å²) >= 11 is 0. The maximum atomic E-state index is 6.17. The molecule has 0 saturated carbocycles. The lowest BCUT2D eigenvalue weighted by molar-refractivity contribution is -0.0521. The lowest BCUT2D eigenvalue weighted by Crippen LogP contribution is -2.41. The molecule has 0 aromatic heterocycles. The molecule has 2 rings (SSSR count). The van der Waals surface area contributed by atoms with Crippen molar-refractivity contribution in [3.63, 3.8) is 0 Å². The average molecular weight is 180 g/mol. The lowest BCUT2D eigenvalue weighted by Gasteiger charge is -2.40. The summed E-state index contributed by atoms with van der Waals surface area (Å²) in [6.07, 6.45) is 2.87. The van der Waals surface area contributed by atoms with Gasteiger partial charge in [-0.05, 0) is 43.3 Å². The SMILES string of the molecule is CC1=C(C)C2(C(C)(C)C)CCC1O2. The molecule has 0 aliphatic carbocycles. The van der Waals surface area contributed by atoms with Crippen LogP contribution in [0.15, 0.2) is 11.1 Å². The molecule has 13 heavy (non-hydrogen) atoms. The van der Waals surface area contributed by atoms with Crippen molar-refractivity contribution in [2.75, 3.05) is 0 Å². The van der Waals surface area contributed by atoms with Crippen molar-refractivity contribution in [2.45, 2.75) is 59.2 Å². The smallest absolute Gasteiger partial charge is 0.0949 e. The average Bonchev–Trinajstić information content (AvgIpc) is 2.52. The zero-order valence-electron chi connectivity index (χ0n) is 9.40. The molecule has 0 aromatic rings. The van der Waals surface area contributed by atoms with Crippen LogP contribution in [-0.4, -0.2) is 11.7 Å². The van der Waals surface area contributed by atoms with Gasteiger partial charge in [0, 0.05) is 0 Å². The molecular formula is C12H20O. The minimum Gasteiger partial charge on any atom is -0.363 e. The molecule has 1 nitrogen and oxygen atoms in total. The molecular weight excluding hydrogens is 160 g/mol. The predicted octanol–water partition coefficient (Wildman–Crippen LogP) is 3.30. The van der Waals surface area contributed by atoms with Gasteiger partial charge in [-0.25, -0.2) is 0 Å². The molecule has 0 spiro atoms. The maximum absolute atomic E-state index is 6.17. The summed E-state index contributed by atoms with van der Waals surface area (Å²) in [6.45, 7) is 11.3. The highest BCUT2D eigenvalue weighted by Crippen LogP contribution is 2.55. The van der Waals surface area contributed by atoms with Gasteiger partial charge in [0.2, 0.25) is 0 Å². The first-order valence-corrected chi connectivity index (χ1v) is 5.24. The molecule has 2 heterocycles. The Bertz CT molecular complexity index is 269. The summed E-state index contributed by atoms with van der Waals surface area (Å²) in [5.74, 6) is 0. The Hall–Kier alpha value is -0.300. The molecule has 2 unspecified atom stereocenters. The Kier molecular flexibility index (Phi) is 1.70. The highest BCUT2D eigenvalue weighted by atomic mass is 16.5. The van der Waals surface area contributed by atoms with Crippen LogP contribution in [-0.2, 0) is 4.74 Å². The van der Waals surface area contributed by atoms with Gasteiger partial charge in [-0.3, -0.25) is 0 Å². The fraction of sp³-hybridized carbons (Fsp3) is 0.833. The monoisotopic (exact) mass is 180 g/mol. The van der Waals surface area contributed by atoms with Crippen molar-refractivity contribution >= 4 is 0 Å². The van der Waals surface area contributed by atoms with Crippen LogP contribution in [0.25, 0.3) is 0 Å². The van der Waals surface area contributed by atoms with Crippen LogP contribution in [0.1, 0.15) is 47.5 Å². The molecule has 0 amide bonds. The zero-order valence-corrected chi connectivity index (χ0v) is 9.40. The van der Waals surface area contributed by atoms with E-state index in [1.54, 1.807) is 0 Å². The number of fused-ring (bicyclic) bond motifs is 2. The molecule has 0 N–H and O–H groups in total. The Balaban J connectivity index is 2.47. The molecule has 2 bridgehead atoms. The van der Waals surface area contributed by atoms with E-state index in [9.17, 15) is 0 Å². The summed E-state index contributed by atoms with van der Waals surface area (Å²) < 4.78 is 6.17. The van der Waals surface area contributed by atoms with Crippen molar-refractivity contribution in [1.29, 1.82) is 0 Å². The molecule has 74 valence electrons. The number of ether oxygens (including phenoxy) is 1. The Labute approximate surface area is 81.2 Å². The molecule has 1 saturated heterocycles. The van der Waals surface area contributed by atoms with Gasteiger partial charge in [0.05, 0.1) is 11.7 Å². The Morgan fingerprint density at radius 1 is 1.31 bits per heavy atom. The van der Waals surface area contributed by atoms with E-state index in [1.807, 2.05) is 0 Å². The summed E-state index contributed by atoms with van der Waals surface area (Å²) in [5, 5.41) is 0. The second kappa shape index (κ2) is 2.38. The van der Waals surface area contributed by atoms with Crippen molar-refractivity contribution < 1.29 is 4.74 Å². The molecule has 0 aromatic carbocycles. The van der Waals surface area contributed by atoms with Crippen LogP contribution in [0.2, 0.25) is 0 Å². The first-order valence-electron chi connectivity index (χ1n) is 5.24. The van der Waals surface area contributed by atoms with Crippen molar-refractivity contribution in [2.24, 2.45) is 5.41 Å². The van der Waals surface area contributed by atoms with E-state index in [2.05, 4.69) is 34.6 Å². The first-order chi connectivity index (χ1) is 5.88. The van der Waals surface area contributed by atoms with Crippen LogP contribution in [0.3, 0.4) is 0 Å². The van der Waals surface area contributed by atoms with Crippen molar-refractivity contribution in [3.05, 3.63) is 11.1 Å². The van der Waals surface area contributed by atoms with Crippen LogP contribution in [0.5, 0.6) is 0 Å². The first kappa shape index (κ1) is 9.26. The molecule has 2 aliphatic rings. The summed E-state index contributed by atoms with van der Waals surface area (Å²) in [6, 6.07) is 0. The molecule has 1 fully saturated rings. The quantitative estimate of drug-likeness (QED) is 0.520.